The standard InChI is InChI=1S/C29H34Cl3FN6O4/c1-29(2,3)43-28(40)39-9-7-38(8-10-39)26-16-14-17(30)20-21-22(33)18(31)15-19(32)24(21)34-6-12-41-25(20)23(16)35-27(36-26)42-13-11-37(4)5/h14-15,34H,6-13H2,1-5H3. The molecule has 0 bridgehead atoms. The first kappa shape index (κ1) is 31.4. The van der Waals surface area contributed by atoms with E-state index in [0.717, 1.165) is 0 Å². The van der Waals surface area contributed by atoms with E-state index in [1.165, 1.54) is 6.07 Å². The number of benzene rings is 2. The minimum absolute atomic E-state index is 0.0975. The van der Waals surface area contributed by atoms with Gasteiger partial charge in [-0.25, -0.2) is 9.18 Å². The molecule has 3 aromatic rings. The molecule has 10 nitrogen and oxygen atoms in total. The van der Waals surface area contributed by atoms with Crippen molar-refractivity contribution in [1.82, 2.24) is 19.8 Å². The third-order valence-corrected chi connectivity index (χ3v) is 7.80. The Kier molecular flexibility index (Phi) is 9.18. The van der Waals surface area contributed by atoms with Crippen molar-refractivity contribution < 1.29 is 23.4 Å². The number of amides is 1. The first-order chi connectivity index (χ1) is 20.3. The summed E-state index contributed by atoms with van der Waals surface area (Å²) in [7, 11) is 3.88. The molecule has 232 valence electrons. The number of likely N-dealkylation sites (N-methyl/N-ethyl adjacent to an activating group) is 1. The fourth-order valence-corrected chi connectivity index (χ4v) is 5.75. The highest BCUT2D eigenvalue weighted by molar-refractivity contribution is 6.39. The Balaban J connectivity index is 1.63. The maximum absolute atomic E-state index is 15.7. The van der Waals surface area contributed by atoms with Crippen LogP contribution in [0.4, 0.5) is 20.7 Å². The van der Waals surface area contributed by atoms with E-state index in [9.17, 15) is 4.79 Å². The number of fused-ring (bicyclic) bond motifs is 5. The average Bonchev–Trinajstić information content (AvgIpc) is 2.91. The Bertz CT molecular complexity index is 1540. The van der Waals surface area contributed by atoms with Gasteiger partial charge in [-0.2, -0.15) is 9.97 Å². The lowest BCUT2D eigenvalue weighted by molar-refractivity contribution is 0.0240. The van der Waals surface area contributed by atoms with Gasteiger partial charge in [-0.15, -0.1) is 0 Å². The molecular weight excluding hydrogens is 622 g/mol. The van der Waals surface area contributed by atoms with Crippen LogP contribution in [0.5, 0.6) is 11.8 Å². The lowest BCUT2D eigenvalue weighted by Gasteiger charge is -2.36. The molecule has 2 aromatic carbocycles. The zero-order valence-electron chi connectivity index (χ0n) is 24.7. The van der Waals surface area contributed by atoms with E-state index in [0.29, 0.717) is 68.3 Å². The van der Waals surface area contributed by atoms with Crippen LogP contribution in [0.15, 0.2) is 12.1 Å². The number of piperazine rings is 1. The van der Waals surface area contributed by atoms with Gasteiger partial charge in [0.2, 0.25) is 0 Å². The second-order valence-electron chi connectivity index (χ2n) is 11.6. The molecule has 1 amide bonds. The van der Waals surface area contributed by atoms with E-state index in [-0.39, 0.29) is 50.7 Å². The van der Waals surface area contributed by atoms with Gasteiger partial charge in [0, 0.05) is 55.8 Å². The molecule has 0 spiro atoms. The number of halogens is 4. The summed E-state index contributed by atoms with van der Waals surface area (Å²) < 4.78 is 33.4. The molecule has 1 aromatic heterocycles. The fraction of sp³-hybridized carbons (Fsp3) is 0.483. The second-order valence-corrected chi connectivity index (χ2v) is 12.8. The molecule has 14 heteroatoms. The summed E-state index contributed by atoms with van der Waals surface area (Å²) in [4.78, 5) is 27.9. The number of carbonyl (C=O) groups is 1. The van der Waals surface area contributed by atoms with Crippen molar-refractivity contribution >= 4 is 63.3 Å². The van der Waals surface area contributed by atoms with E-state index in [1.807, 2.05) is 44.7 Å². The van der Waals surface area contributed by atoms with E-state index in [1.54, 1.807) is 11.0 Å². The number of hydrogen-bond acceptors (Lipinski definition) is 9. The average molecular weight is 656 g/mol. The van der Waals surface area contributed by atoms with Gasteiger partial charge in [0.05, 0.1) is 20.8 Å². The summed E-state index contributed by atoms with van der Waals surface area (Å²) in [5, 5.41) is 4.05. The number of anilines is 2. The maximum Gasteiger partial charge on any atom is 0.410 e. The fourth-order valence-electron chi connectivity index (χ4n) is 4.93. The van der Waals surface area contributed by atoms with E-state index < -0.39 is 11.4 Å². The monoisotopic (exact) mass is 654 g/mol. The van der Waals surface area contributed by atoms with Crippen LogP contribution in [0.2, 0.25) is 15.1 Å². The predicted molar refractivity (Wildman–Crippen MR) is 168 cm³/mol. The molecule has 2 aliphatic heterocycles. The summed E-state index contributed by atoms with van der Waals surface area (Å²) in [5.74, 6) is 0.152. The topological polar surface area (TPSA) is 92.3 Å². The third-order valence-electron chi connectivity index (χ3n) is 6.93. The van der Waals surface area contributed by atoms with Crippen LogP contribution in [-0.4, -0.2) is 98.0 Å². The van der Waals surface area contributed by atoms with Gasteiger partial charge in [0.1, 0.15) is 30.1 Å². The summed E-state index contributed by atoms with van der Waals surface area (Å²) in [6, 6.07) is 3.18. The summed E-state index contributed by atoms with van der Waals surface area (Å²) in [6.07, 6.45) is -0.364. The quantitative estimate of drug-likeness (QED) is 0.323. The van der Waals surface area contributed by atoms with E-state index in [4.69, 9.17) is 59.0 Å². The summed E-state index contributed by atoms with van der Waals surface area (Å²) in [5.41, 5.74) is 0.550. The Morgan fingerprint density at radius 3 is 2.47 bits per heavy atom. The van der Waals surface area contributed by atoms with Gasteiger partial charge in [0.25, 0.3) is 0 Å². The highest BCUT2D eigenvalue weighted by Gasteiger charge is 2.31. The van der Waals surface area contributed by atoms with E-state index in [2.05, 4.69) is 5.32 Å². The smallest absolute Gasteiger partial charge is 0.410 e. The minimum atomic E-state index is -0.684. The number of ether oxygens (including phenoxy) is 3. The number of hydrogen-bond donors (Lipinski definition) is 1. The van der Waals surface area contributed by atoms with Crippen molar-refractivity contribution in [3.05, 3.63) is 33.0 Å². The zero-order valence-corrected chi connectivity index (χ0v) is 27.0. The Morgan fingerprint density at radius 2 is 1.79 bits per heavy atom. The first-order valence-electron chi connectivity index (χ1n) is 13.9. The minimum Gasteiger partial charge on any atom is -0.489 e. The van der Waals surface area contributed by atoms with Crippen LogP contribution in [0, 0.1) is 5.82 Å². The zero-order chi connectivity index (χ0) is 31.1. The molecule has 43 heavy (non-hydrogen) atoms. The van der Waals surface area contributed by atoms with Crippen molar-refractivity contribution in [3.63, 3.8) is 0 Å². The van der Waals surface area contributed by atoms with Crippen LogP contribution in [0.1, 0.15) is 20.8 Å². The number of aromatic nitrogens is 2. The van der Waals surface area contributed by atoms with Crippen LogP contribution < -0.4 is 19.7 Å². The van der Waals surface area contributed by atoms with Gasteiger partial charge in [-0.1, -0.05) is 34.8 Å². The van der Waals surface area contributed by atoms with Crippen molar-refractivity contribution in [3.8, 4) is 22.9 Å². The summed E-state index contributed by atoms with van der Waals surface area (Å²) in [6.45, 7) is 8.87. The molecular formula is C29H34Cl3FN6O4. The molecule has 0 unspecified atom stereocenters. The Labute approximate surface area is 264 Å². The first-order valence-corrected chi connectivity index (χ1v) is 15.1. The van der Waals surface area contributed by atoms with Crippen LogP contribution in [0.25, 0.3) is 22.0 Å². The second kappa shape index (κ2) is 12.6. The highest BCUT2D eigenvalue weighted by atomic mass is 35.5. The molecule has 1 saturated heterocycles. The highest BCUT2D eigenvalue weighted by Crippen LogP contribution is 2.50. The van der Waals surface area contributed by atoms with Gasteiger partial charge in [-0.05, 0) is 47.0 Å². The van der Waals surface area contributed by atoms with Crippen molar-refractivity contribution in [1.29, 1.82) is 0 Å². The molecule has 0 saturated carbocycles. The Hall–Kier alpha value is -2.99. The number of nitrogens with one attached hydrogen (secondary N) is 1. The Morgan fingerprint density at radius 1 is 1.07 bits per heavy atom. The lowest BCUT2D eigenvalue weighted by Crippen LogP contribution is -2.50. The molecule has 5 rings (SSSR count). The van der Waals surface area contributed by atoms with Gasteiger partial charge in [-0.3, -0.25) is 0 Å². The molecule has 1 fully saturated rings. The van der Waals surface area contributed by atoms with Crippen molar-refractivity contribution in [2.45, 2.75) is 26.4 Å². The lowest BCUT2D eigenvalue weighted by atomic mass is 9.98. The molecule has 0 atom stereocenters. The molecule has 1 N–H and O–H groups in total. The molecule has 3 heterocycles. The molecule has 0 aliphatic carbocycles. The number of nitrogens with zero attached hydrogens (tertiary/aromatic N) is 5. The van der Waals surface area contributed by atoms with Crippen molar-refractivity contribution in [2.24, 2.45) is 0 Å². The van der Waals surface area contributed by atoms with Gasteiger partial charge < -0.3 is 34.2 Å². The third kappa shape index (κ3) is 6.74. The van der Waals surface area contributed by atoms with Crippen LogP contribution >= 0.6 is 34.8 Å². The number of carbonyl (C=O) groups excluding carboxylic acids is 1. The van der Waals surface area contributed by atoms with E-state index >= 15 is 4.39 Å². The van der Waals surface area contributed by atoms with Crippen molar-refractivity contribution in [2.75, 3.05) is 76.8 Å². The number of rotatable bonds is 5. The largest absolute Gasteiger partial charge is 0.489 e. The summed E-state index contributed by atoms with van der Waals surface area (Å²) >= 11 is 19.6. The maximum atomic E-state index is 15.7. The molecule has 0 radical (unpaired) electrons. The normalized spacial score (nSPS) is 15.3. The SMILES string of the molecule is CN(C)CCOc1nc(N2CCN(C(=O)OC(C)(C)C)CC2)c2cc(Cl)c3c(c2n1)OCCNc1c(Cl)cc(Cl)c(F)c1-3. The van der Waals surface area contributed by atoms with Crippen LogP contribution in [0.3, 0.4) is 0 Å². The van der Waals surface area contributed by atoms with Gasteiger partial charge >= 0.3 is 12.1 Å². The van der Waals surface area contributed by atoms with Gasteiger partial charge in [0.15, 0.2) is 11.6 Å². The molecule has 2 aliphatic rings. The predicted octanol–water partition coefficient (Wildman–Crippen LogP) is 6.20. The van der Waals surface area contributed by atoms with Crippen LogP contribution in [-0.2, 0) is 4.74 Å².